The first-order chi connectivity index (χ1) is 13.1. The predicted molar refractivity (Wildman–Crippen MR) is 108 cm³/mol. The number of methoxy groups -OCH3 is 2. The fourth-order valence-electron chi connectivity index (χ4n) is 2.69. The first kappa shape index (κ1) is 18.5. The Morgan fingerprint density at radius 1 is 0.926 bits per heavy atom. The Balaban J connectivity index is 1.70. The molecule has 2 aromatic carbocycles. The van der Waals surface area contributed by atoms with Crippen LogP contribution in [0.3, 0.4) is 0 Å². The lowest BCUT2D eigenvalue weighted by atomic mass is 10.1. The van der Waals surface area contributed by atoms with Crippen molar-refractivity contribution in [3.63, 3.8) is 0 Å². The molecular formula is C21H24N4O2. The first-order valence-electron chi connectivity index (χ1n) is 8.71. The van der Waals surface area contributed by atoms with Gasteiger partial charge >= 0.3 is 0 Å². The topological polar surface area (TPSA) is 68.3 Å². The lowest BCUT2D eigenvalue weighted by molar-refractivity contribution is 0.354. The molecule has 0 aliphatic carbocycles. The molecule has 0 aliphatic rings. The van der Waals surface area contributed by atoms with Gasteiger partial charge in [0, 0.05) is 18.4 Å². The fourth-order valence-corrected chi connectivity index (χ4v) is 2.69. The second kappa shape index (κ2) is 8.40. The highest BCUT2D eigenvalue weighted by Crippen LogP contribution is 2.27. The zero-order valence-electron chi connectivity index (χ0n) is 16.0. The van der Waals surface area contributed by atoms with Gasteiger partial charge in [0.15, 0.2) is 11.5 Å². The third-order valence-electron chi connectivity index (χ3n) is 4.21. The molecule has 0 radical (unpaired) electrons. The van der Waals surface area contributed by atoms with E-state index in [4.69, 9.17) is 9.47 Å². The summed E-state index contributed by atoms with van der Waals surface area (Å²) in [6.45, 7) is 4.72. The standard InChI is InChI=1S/C21H24N4O2/c1-14-5-6-15(2)17(11-14)24-20-9-10-22-21(25-20)23-13-16-7-8-18(26-3)19(12-16)27-4/h5-12H,13H2,1-4H3,(H2,22,23,24,25). The summed E-state index contributed by atoms with van der Waals surface area (Å²) in [6, 6.07) is 13.9. The highest BCUT2D eigenvalue weighted by molar-refractivity contribution is 5.61. The number of nitrogens with zero attached hydrogens (tertiary/aromatic N) is 2. The second-order valence-corrected chi connectivity index (χ2v) is 6.25. The van der Waals surface area contributed by atoms with Crippen LogP contribution in [0.5, 0.6) is 11.5 Å². The van der Waals surface area contributed by atoms with E-state index in [1.54, 1.807) is 20.4 Å². The van der Waals surface area contributed by atoms with Crippen LogP contribution >= 0.6 is 0 Å². The van der Waals surface area contributed by atoms with E-state index in [1.807, 2.05) is 24.3 Å². The van der Waals surface area contributed by atoms with Crippen molar-refractivity contribution in [3.05, 3.63) is 65.4 Å². The Morgan fingerprint density at radius 2 is 1.74 bits per heavy atom. The van der Waals surface area contributed by atoms with Crippen molar-refractivity contribution in [2.24, 2.45) is 0 Å². The minimum absolute atomic E-state index is 0.556. The van der Waals surface area contributed by atoms with Gasteiger partial charge in [-0.3, -0.25) is 0 Å². The van der Waals surface area contributed by atoms with E-state index < -0.39 is 0 Å². The van der Waals surface area contributed by atoms with Gasteiger partial charge in [0.1, 0.15) is 5.82 Å². The third-order valence-corrected chi connectivity index (χ3v) is 4.21. The summed E-state index contributed by atoms with van der Waals surface area (Å²) in [6.07, 6.45) is 1.73. The number of hydrogen-bond donors (Lipinski definition) is 2. The molecule has 0 aliphatic heterocycles. The molecule has 140 valence electrons. The molecule has 0 fully saturated rings. The van der Waals surface area contributed by atoms with Crippen molar-refractivity contribution < 1.29 is 9.47 Å². The lowest BCUT2D eigenvalue weighted by Gasteiger charge is -2.12. The number of ether oxygens (including phenoxy) is 2. The summed E-state index contributed by atoms with van der Waals surface area (Å²) >= 11 is 0. The molecule has 6 nitrogen and oxygen atoms in total. The second-order valence-electron chi connectivity index (χ2n) is 6.25. The zero-order valence-corrected chi connectivity index (χ0v) is 16.0. The Hall–Kier alpha value is -3.28. The van der Waals surface area contributed by atoms with E-state index in [0.29, 0.717) is 24.0 Å². The van der Waals surface area contributed by atoms with Gasteiger partial charge in [0.2, 0.25) is 5.95 Å². The van der Waals surface area contributed by atoms with E-state index in [2.05, 4.69) is 52.6 Å². The van der Waals surface area contributed by atoms with Gasteiger partial charge in [-0.15, -0.1) is 0 Å². The molecule has 1 heterocycles. The molecule has 27 heavy (non-hydrogen) atoms. The van der Waals surface area contributed by atoms with E-state index in [0.717, 1.165) is 17.1 Å². The third kappa shape index (κ3) is 4.67. The lowest BCUT2D eigenvalue weighted by Crippen LogP contribution is -2.05. The SMILES string of the molecule is COc1ccc(CNc2nccc(Nc3cc(C)ccc3C)n2)cc1OC. The van der Waals surface area contributed by atoms with Crippen LogP contribution in [0.4, 0.5) is 17.5 Å². The number of benzene rings is 2. The molecule has 6 heteroatoms. The molecule has 3 aromatic rings. The minimum atomic E-state index is 0.556. The molecule has 0 bridgehead atoms. The highest BCUT2D eigenvalue weighted by Gasteiger charge is 2.06. The summed E-state index contributed by atoms with van der Waals surface area (Å²) in [5.41, 5.74) is 4.45. The maximum atomic E-state index is 5.34. The summed E-state index contributed by atoms with van der Waals surface area (Å²) in [5.74, 6) is 2.70. The van der Waals surface area contributed by atoms with Crippen molar-refractivity contribution in [1.82, 2.24) is 9.97 Å². The van der Waals surface area contributed by atoms with Gasteiger partial charge in [-0.2, -0.15) is 4.98 Å². The van der Waals surface area contributed by atoms with Crippen LogP contribution in [-0.2, 0) is 6.54 Å². The van der Waals surface area contributed by atoms with Crippen LogP contribution in [0.1, 0.15) is 16.7 Å². The molecule has 2 N–H and O–H groups in total. The Bertz CT molecular complexity index is 928. The van der Waals surface area contributed by atoms with Crippen molar-refractivity contribution in [2.45, 2.75) is 20.4 Å². The maximum absolute atomic E-state index is 5.34. The van der Waals surface area contributed by atoms with Crippen molar-refractivity contribution in [2.75, 3.05) is 24.9 Å². The van der Waals surface area contributed by atoms with Crippen LogP contribution < -0.4 is 20.1 Å². The van der Waals surface area contributed by atoms with Crippen LogP contribution in [0.25, 0.3) is 0 Å². The summed E-state index contributed by atoms with van der Waals surface area (Å²) in [4.78, 5) is 8.84. The first-order valence-corrected chi connectivity index (χ1v) is 8.71. The van der Waals surface area contributed by atoms with Gasteiger partial charge in [0.25, 0.3) is 0 Å². The van der Waals surface area contributed by atoms with E-state index in [9.17, 15) is 0 Å². The number of aryl methyl sites for hydroxylation is 2. The normalized spacial score (nSPS) is 10.4. The number of hydrogen-bond acceptors (Lipinski definition) is 6. The largest absolute Gasteiger partial charge is 0.493 e. The van der Waals surface area contributed by atoms with Gasteiger partial charge < -0.3 is 20.1 Å². The molecule has 0 atom stereocenters. The fraction of sp³-hybridized carbons (Fsp3) is 0.238. The van der Waals surface area contributed by atoms with Crippen LogP contribution in [-0.4, -0.2) is 24.2 Å². The monoisotopic (exact) mass is 364 g/mol. The van der Waals surface area contributed by atoms with Gasteiger partial charge in [-0.1, -0.05) is 18.2 Å². The molecule has 0 spiro atoms. The van der Waals surface area contributed by atoms with Crippen LogP contribution in [0, 0.1) is 13.8 Å². The van der Waals surface area contributed by atoms with Crippen molar-refractivity contribution in [3.8, 4) is 11.5 Å². The Labute approximate surface area is 159 Å². The number of rotatable bonds is 7. The maximum Gasteiger partial charge on any atom is 0.224 e. The summed E-state index contributed by atoms with van der Waals surface area (Å²) < 4.78 is 10.6. The van der Waals surface area contributed by atoms with Crippen molar-refractivity contribution >= 4 is 17.5 Å². The summed E-state index contributed by atoms with van der Waals surface area (Å²) in [7, 11) is 3.25. The number of aromatic nitrogens is 2. The van der Waals surface area contributed by atoms with Gasteiger partial charge in [0.05, 0.1) is 14.2 Å². The molecule has 1 aromatic heterocycles. The van der Waals surface area contributed by atoms with E-state index in [-0.39, 0.29) is 0 Å². The highest BCUT2D eigenvalue weighted by atomic mass is 16.5. The smallest absolute Gasteiger partial charge is 0.224 e. The average molecular weight is 364 g/mol. The molecule has 3 rings (SSSR count). The zero-order chi connectivity index (χ0) is 19.2. The molecule has 0 saturated carbocycles. The Kier molecular flexibility index (Phi) is 5.76. The predicted octanol–water partition coefficient (Wildman–Crippen LogP) is 4.47. The Morgan fingerprint density at radius 3 is 2.52 bits per heavy atom. The van der Waals surface area contributed by atoms with Crippen molar-refractivity contribution in [1.29, 1.82) is 0 Å². The molecule has 0 unspecified atom stereocenters. The molecule has 0 saturated heterocycles. The van der Waals surface area contributed by atoms with Crippen LogP contribution in [0.2, 0.25) is 0 Å². The number of anilines is 3. The summed E-state index contributed by atoms with van der Waals surface area (Å²) in [5, 5.41) is 6.60. The quantitative estimate of drug-likeness (QED) is 0.645. The molecular weight excluding hydrogens is 340 g/mol. The van der Waals surface area contributed by atoms with Crippen LogP contribution in [0.15, 0.2) is 48.7 Å². The number of nitrogens with one attached hydrogen (secondary N) is 2. The average Bonchev–Trinajstić information content (AvgIpc) is 2.69. The van der Waals surface area contributed by atoms with Gasteiger partial charge in [-0.05, 0) is 54.8 Å². The molecule has 0 amide bonds. The van der Waals surface area contributed by atoms with Gasteiger partial charge in [-0.25, -0.2) is 4.98 Å². The van der Waals surface area contributed by atoms with E-state index in [1.165, 1.54) is 11.1 Å². The minimum Gasteiger partial charge on any atom is -0.493 e. The van der Waals surface area contributed by atoms with E-state index >= 15 is 0 Å².